The lowest BCUT2D eigenvalue weighted by atomic mass is 10.0. The molecule has 46 heteroatoms. The van der Waals surface area contributed by atoms with Crippen LogP contribution in [0.15, 0.2) is 146 Å². The van der Waals surface area contributed by atoms with Gasteiger partial charge in [0.25, 0.3) is 34.7 Å². The number of carbonyl (C=O) groups excluding carboxylic acids is 6. The molecule has 0 spiro atoms. The fourth-order valence-corrected chi connectivity index (χ4v) is 13.9. The summed E-state index contributed by atoms with van der Waals surface area (Å²) in [6.45, 7) is 0. The van der Waals surface area contributed by atoms with Crippen molar-refractivity contribution in [2.75, 3.05) is 28.4 Å². The molecule has 6 aliphatic carbocycles. The first kappa shape index (κ1) is 68.0. The minimum Gasteiger partial charge on any atom is -0.497 e. The number of carbonyl (C=O) groups is 6. The van der Waals surface area contributed by atoms with E-state index in [-0.39, 0.29) is 92.1 Å². The van der Waals surface area contributed by atoms with E-state index in [0.717, 1.165) is 47.5 Å². The number of nitrogens with zero attached hydrogens (tertiary/aromatic N) is 36. The van der Waals surface area contributed by atoms with Gasteiger partial charge in [-0.25, -0.2) is 29.9 Å². The van der Waals surface area contributed by atoms with E-state index in [1.165, 1.54) is 18.5 Å². The molecular weight excluding hydrogens is 1530 g/mol. The third-order valence-electron chi connectivity index (χ3n) is 19.4. The topological polar surface area (TPSA) is 552 Å². The van der Waals surface area contributed by atoms with Gasteiger partial charge in [-0.1, -0.05) is 107 Å². The molecular formula is C72H36N36O10. The third-order valence-corrected chi connectivity index (χ3v) is 19.4. The second-order valence-corrected chi connectivity index (χ2v) is 25.8. The highest BCUT2D eigenvalue weighted by Gasteiger charge is 2.38. The van der Waals surface area contributed by atoms with Crippen LogP contribution in [-0.4, -0.2) is 245 Å². The summed E-state index contributed by atoms with van der Waals surface area (Å²) in [6.07, 6.45) is 0. The molecule has 0 radical (unpaired) electrons. The molecule has 0 saturated heterocycles. The fraction of sp³-hybridized carbons (Fsp3) is 0.0556. The van der Waals surface area contributed by atoms with E-state index in [1.807, 2.05) is 72.8 Å². The standard InChI is InChI=1S/2C14H6N6O.4C11H6N6O2/c21-13-10-6-8-4-2-1-3-7(8)5-9(10)11-12(13)15-14-16-18-19-20(14)17-11;21-13-10-6-8-4-2-1-3-7(8)5-9(10)11-12(13)17-20-14(15-11)16-18-19-20;1-19-5-2-3-6-7(4-5)8-9(10(6)18)12-11-13-15-16-17(11)14-8;1-19-5-2-3-6-7(4-5)8-9(10(6)18)14-17-11(12-8)13-15-16-17;1-19-5-2-3-6-7(4-5)10(18)9-8(6)14-17-11(12-9)13-15-16-17;1-19-5-2-3-6-7(4-5)10(18)9-8(6)12-11-13-15-16-17(11)14-9/h2*1-6H;4*2-4H,1H3. The SMILES string of the molecule is COc1ccc2c(c1)-c1nc3nnnn3nc1C2=O.COc1ccc2c(c1)-c1nn3nnnc3nc1C2=O.COc1ccc2c(c1)C(=O)c1nc3nnnn3nc1-2.COc1ccc2c(c1)C(=O)c1nn3nnnc3nc1-2.O=C1c2cc3ccccc3cc2-c2nc3nnnn3nc21.O=C1c2cc3ccccc3cc2-c2nn3nnnc3nc21. The summed E-state index contributed by atoms with van der Waals surface area (Å²) in [7, 11) is 6.23. The number of rotatable bonds is 4. The zero-order valence-electron chi connectivity index (χ0n) is 60.0. The number of tetrazole rings is 6. The first-order valence-corrected chi connectivity index (χ1v) is 34.6. The number of ether oxygens (including phenoxy) is 4. The molecule has 0 aliphatic heterocycles. The summed E-state index contributed by atoms with van der Waals surface area (Å²) < 4.78 is 27.6. The monoisotopic (exact) mass is 1560 g/mol. The average molecular weight is 1570 g/mol. The van der Waals surface area contributed by atoms with Crippen LogP contribution in [0.2, 0.25) is 0 Å². The summed E-state index contributed by atoms with van der Waals surface area (Å²) in [4.78, 5) is 99.5. The maximum atomic E-state index is 12.5. The number of methoxy groups -OCH3 is 4. The van der Waals surface area contributed by atoms with Crippen LogP contribution in [0.5, 0.6) is 23.0 Å². The van der Waals surface area contributed by atoms with Gasteiger partial charge in [0.15, 0.2) is 17.1 Å². The van der Waals surface area contributed by atoms with Crippen molar-refractivity contribution in [3.05, 3.63) is 213 Å². The van der Waals surface area contributed by atoms with Crippen molar-refractivity contribution in [3.8, 4) is 90.5 Å². The molecule has 6 aliphatic rings. The van der Waals surface area contributed by atoms with Gasteiger partial charge in [-0.2, -0.15) is 0 Å². The second kappa shape index (κ2) is 26.3. The third kappa shape index (κ3) is 10.8. The minimum absolute atomic E-state index is 0.135. The van der Waals surface area contributed by atoms with Crippen LogP contribution in [0, 0.1) is 0 Å². The Balaban J connectivity index is 0.0000000881. The second-order valence-electron chi connectivity index (χ2n) is 25.8. The normalized spacial score (nSPS) is 12.7. The number of ketones is 6. The molecule has 0 saturated carbocycles. The van der Waals surface area contributed by atoms with Gasteiger partial charge < -0.3 is 18.9 Å². The maximum absolute atomic E-state index is 12.5. The van der Waals surface area contributed by atoms with Gasteiger partial charge in [0.1, 0.15) is 74.2 Å². The highest BCUT2D eigenvalue weighted by Crippen LogP contribution is 2.43. The Morgan fingerprint density at radius 3 is 0.754 bits per heavy atom. The lowest BCUT2D eigenvalue weighted by Gasteiger charge is -2.02. The molecule has 8 aromatic carbocycles. The van der Waals surface area contributed by atoms with E-state index in [9.17, 15) is 28.8 Å². The molecule has 20 aromatic rings. The Morgan fingerprint density at radius 2 is 0.424 bits per heavy atom. The Labute approximate surface area is 649 Å². The average Bonchev–Trinajstić information content (AvgIpc) is 1.61. The van der Waals surface area contributed by atoms with Crippen molar-refractivity contribution < 1.29 is 47.7 Å². The molecule has 26 rings (SSSR count). The summed E-state index contributed by atoms with van der Waals surface area (Å²) in [5.74, 6) is 2.92. The van der Waals surface area contributed by atoms with Crippen LogP contribution in [0.4, 0.5) is 0 Å². The van der Waals surface area contributed by atoms with Crippen molar-refractivity contribution in [1.82, 2.24) is 181 Å². The number of aromatic nitrogens is 36. The summed E-state index contributed by atoms with van der Waals surface area (Å²) in [6, 6.07) is 44.3. The first-order valence-electron chi connectivity index (χ1n) is 34.6. The van der Waals surface area contributed by atoms with Crippen LogP contribution < -0.4 is 18.9 Å². The van der Waals surface area contributed by atoms with Crippen LogP contribution in [-0.2, 0) is 0 Å². The highest BCUT2D eigenvalue weighted by molar-refractivity contribution is 6.25. The molecule has 0 amide bonds. The number of hydrogen-bond acceptors (Lipinski definition) is 40. The van der Waals surface area contributed by atoms with Crippen molar-refractivity contribution in [3.63, 3.8) is 0 Å². The van der Waals surface area contributed by atoms with Gasteiger partial charge in [-0.15, -0.1) is 30.6 Å². The van der Waals surface area contributed by atoms with E-state index in [2.05, 4.69) is 154 Å². The van der Waals surface area contributed by atoms with Crippen LogP contribution in [0.1, 0.15) is 96.3 Å². The highest BCUT2D eigenvalue weighted by atomic mass is 16.5. The summed E-state index contributed by atoms with van der Waals surface area (Å²) in [5, 5.41) is 94.4. The van der Waals surface area contributed by atoms with E-state index in [1.54, 1.807) is 101 Å². The number of fused-ring (bicyclic) bond motifs is 26. The molecule has 0 unspecified atom stereocenters. The minimum atomic E-state index is -0.200. The maximum Gasteiger partial charge on any atom is 0.292 e. The van der Waals surface area contributed by atoms with Crippen molar-refractivity contribution >= 4 is 90.9 Å². The van der Waals surface area contributed by atoms with Crippen molar-refractivity contribution in [2.45, 2.75) is 0 Å². The van der Waals surface area contributed by atoms with E-state index in [4.69, 9.17) is 18.9 Å². The Bertz CT molecular complexity index is 7390. The smallest absolute Gasteiger partial charge is 0.292 e. The molecule has 564 valence electrons. The van der Waals surface area contributed by atoms with Gasteiger partial charge in [-0.3, -0.25) is 28.8 Å². The molecule has 12 aromatic heterocycles. The zero-order chi connectivity index (χ0) is 79.9. The van der Waals surface area contributed by atoms with Crippen LogP contribution in [0.25, 0.3) is 124 Å². The summed E-state index contributed by atoms with van der Waals surface area (Å²) in [5.41, 5.74) is 12.4. The van der Waals surface area contributed by atoms with E-state index < -0.39 is 0 Å². The molecule has 0 atom stereocenters. The van der Waals surface area contributed by atoms with Crippen molar-refractivity contribution in [1.29, 1.82) is 0 Å². The predicted molar refractivity (Wildman–Crippen MR) is 393 cm³/mol. The Kier molecular flexibility index (Phi) is 15.2. The van der Waals surface area contributed by atoms with Gasteiger partial charge in [0, 0.05) is 66.8 Å². The quantitative estimate of drug-likeness (QED) is 0.244. The Hall–Kier alpha value is -18.0. The number of benzene rings is 8. The number of hydrogen-bond donors (Lipinski definition) is 0. The van der Waals surface area contributed by atoms with Crippen LogP contribution >= 0.6 is 0 Å². The van der Waals surface area contributed by atoms with Gasteiger partial charge in [-0.05, 0) is 181 Å². The van der Waals surface area contributed by atoms with Gasteiger partial charge >= 0.3 is 0 Å². The molecule has 0 bridgehead atoms. The fourth-order valence-electron chi connectivity index (χ4n) is 13.9. The molecule has 46 nitrogen and oxygen atoms in total. The van der Waals surface area contributed by atoms with Crippen molar-refractivity contribution in [2.24, 2.45) is 0 Å². The first-order chi connectivity index (χ1) is 57.7. The lowest BCUT2D eigenvalue weighted by Crippen LogP contribution is -2.06. The van der Waals surface area contributed by atoms with Crippen LogP contribution in [0.3, 0.4) is 0 Å². The summed E-state index contributed by atoms with van der Waals surface area (Å²) >= 11 is 0. The predicted octanol–water partition coefficient (Wildman–Crippen LogP) is 3.10. The molecule has 118 heavy (non-hydrogen) atoms. The lowest BCUT2D eigenvalue weighted by molar-refractivity contribution is 0.102. The largest absolute Gasteiger partial charge is 0.497 e. The van der Waals surface area contributed by atoms with E-state index in [0.29, 0.717) is 119 Å². The zero-order valence-corrected chi connectivity index (χ0v) is 60.0. The van der Waals surface area contributed by atoms with E-state index >= 15 is 0 Å². The molecule has 0 fully saturated rings. The Morgan fingerprint density at radius 1 is 0.212 bits per heavy atom. The molecule has 0 N–H and O–H groups in total. The van der Waals surface area contributed by atoms with Gasteiger partial charge in [0.2, 0.25) is 34.7 Å². The molecule has 12 heterocycles. The van der Waals surface area contributed by atoms with Gasteiger partial charge in [0.05, 0.1) is 28.4 Å².